The number of aromatic amines is 1. The van der Waals surface area contributed by atoms with Gasteiger partial charge in [-0.15, -0.1) is 0 Å². The van der Waals surface area contributed by atoms with E-state index < -0.39 is 17.2 Å². The van der Waals surface area contributed by atoms with Crippen LogP contribution in [0, 0.1) is 0 Å². The highest BCUT2D eigenvalue weighted by atomic mass is 16.4. The molecule has 0 atom stereocenters. The monoisotopic (exact) mass is 340 g/mol. The Balaban J connectivity index is 1.92. The van der Waals surface area contributed by atoms with Crippen LogP contribution in [0.4, 0.5) is 0 Å². The molecule has 1 aromatic carbocycles. The summed E-state index contributed by atoms with van der Waals surface area (Å²) in [4.78, 5) is 42.0. The van der Waals surface area contributed by atoms with E-state index in [4.69, 9.17) is 5.11 Å². The summed E-state index contributed by atoms with van der Waals surface area (Å²) in [6.07, 6.45) is 3.03. The summed E-state index contributed by atoms with van der Waals surface area (Å²) >= 11 is 0. The quantitative estimate of drug-likeness (QED) is 0.678. The number of hydrogen-bond acceptors (Lipinski definition) is 4. The normalized spacial score (nSPS) is 11.4. The molecule has 8 heteroatoms. The van der Waals surface area contributed by atoms with Crippen LogP contribution >= 0.6 is 0 Å². The highest BCUT2D eigenvalue weighted by molar-refractivity contribution is 5.85. The number of hydrogen-bond donors (Lipinski definition) is 2. The third kappa shape index (κ3) is 3.14. The average Bonchev–Trinajstić information content (AvgIpc) is 3.01. The van der Waals surface area contributed by atoms with Crippen molar-refractivity contribution in [1.29, 1.82) is 0 Å². The van der Waals surface area contributed by atoms with Gasteiger partial charge in [0.1, 0.15) is 11.3 Å². The van der Waals surface area contributed by atoms with Gasteiger partial charge in [-0.25, -0.2) is 14.6 Å². The Bertz CT molecular complexity index is 1100. The highest BCUT2D eigenvalue weighted by Crippen LogP contribution is 2.12. The number of carbonyl (C=O) groups is 1. The molecule has 0 bridgehead atoms. The maximum Gasteiger partial charge on any atom is 0.332 e. The van der Waals surface area contributed by atoms with Crippen molar-refractivity contribution in [3.05, 3.63) is 68.1 Å². The Morgan fingerprint density at radius 1 is 1.20 bits per heavy atom. The summed E-state index contributed by atoms with van der Waals surface area (Å²) in [5, 5.41) is 8.63. The number of aromatic nitrogens is 4. The number of H-pyrrole nitrogens is 1. The lowest BCUT2D eigenvalue weighted by Gasteiger charge is -2.00. The van der Waals surface area contributed by atoms with Gasteiger partial charge in [0.2, 0.25) is 0 Å². The van der Waals surface area contributed by atoms with Crippen molar-refractivity contribution in [3.8, 4) is 0 Å². The summed E-state index contributed by atoms with van der Waals surface area (Å²) in [5.41, 5.74) is 1.49. The van der Waals surface area contributed by atoms with Gasteiger partial charge in [0.15, 0.2) is 5.65 Å². The van der Waals surface area contributed by atoms with E-state index in [2.05, 4.69) is 9.97 Å². The smallest absolute Gasteiger partial charge is 0.332 e. The Labute approximate surface area is 141 Å². The molecule has 0 fully saturated rings. The number of aliphatic carboxylic acids is 1. The van der Waals surface area contributed by atoms with Gasteiger partial charge in [0, 0.05) is 26.6 Å². The van der Waals surface area contributed by atoms with Crippen LogP contribution in [0.3, 0.4) is 0 Å². The SMILES string of the molecule is Cn1c(=O)c2[nH]c(Cc3ccc(/C=C/C(=O)O)cc3)nc2n(C)c1=O. The molecule has 2 heterocycles. The number of nitrogens with one attached hydrogen (secondary N) is 1. The molecular weight excluding hydrogens is 324 g/mol. The number of nitrogens with zero attached hydrogens (tertiary/aromatic N) is 3. The number of imidazole rings is 1. The van der Waals surface area contributed by atoms with Gasteiger partial charge in [-0.05, 0) is 17.2 Å². The fraction of sp³-hybridized carbons (Fsp3) is 0.176. The number of rotatable bonds is 4. The van der Waals surface area contributed by atoms with Crippen LogP contribution in [-0.4, -0.2) is 30.2 Å². The second-order valence-electron chi connectivity index (χ2n) is 5.68. The van der Waals surface area contributed by atoms with Gasteiger partial charge < -0.3 is 10.1 Å². The Morgan fingerprint density at radius 2 is 1.88 bits per heavy atom. The summed E-state index contributed by atoms with van der Waals surface area (Å²) in [6.45, 7) is 0. The van der Waals surface area contributed by atoms with Crippen LogP contribution in [0.2, 0.25) is 0 Å². The van der Waals surface area contributed by atoms with Gasteiger partial charge in [0.05, 0.1) is 0 Å². The van der Waals surface area contributed by atoms with Crippen molar-refractivity contribution in [3.63, 3.8) is 0 Å². The number of aryl methyl sites for hydroxylation is 1. The van der Waals surface area contributed by atoms with Crippen LogP contribution in [0.15, 0.2) is 39.9 Å². The highest BCUT2D eigenvalue weighted by Gasteiger charge is 2.13. The first-order chi connectivity index (χ1) is 11.9. The first kappa shape index (κ1) is 16.4. The predicted molar refractivity (Wildman–Crippen MR) is 92.5 cm³/mol. The standard InChI is InChI=1S/C17H16N4O4/c1-20-15-14(16(24)21(2)17(20)25)18-12(19-15)9-11-5-3-10(4-6-11)7-8-13(22)23/h3-8H,9H2,1-2H3,(H,18,19)(H,22,23)/b8-7+. The molecule has 0 aliphatic carbocycles. The zero-order valence-corrected chi connectivity index (χ0v) is 13.7. The molecule has 0 spiro atoms. The van der Waals surface area contributed by atoms with Gasteiger partial charge in [-0.1, -0.05) is 24.3 Å². The largest absolute Gasteiger partial charge is 0.478 e. The van der Waals surface area contributed by atoms with E-state index in [9.17, 15) is 14.4 Å². The number of fused-ring (bicyclic) bond motifs is 1. The molecule has 8 nitrogen and oxygen atoms in total. The van der Waals surface area contributed by atoms with E-state index in [0.717, 1.165) is 21.8 Å². The molecule has 0 saturated carbocycles. The molecule has 0 radical (unpaired) electrons. The lowest BCUT2D eigenvalue weighted by molar-refractivity contribution is -0.131. The van der Waals surface area contributed by atoms with Gasteiger partial charge in [-0.3, -0.25) is 13.9 Å². The Morgan fingerprint density at radius 3 is 2.52 bits per heavy atom. The van der Waals surface area contributed by atoms with Crippen LogP contribution in [-0.2, 0) is 25.3 Å². The van der Waals surface area contributed by atoms with Crippen LogP contribution in [0.1, 0.15) is 17.0 Å². The van der Waals surface area contributed by atoms with Gasteiger partial charge in [-0.2, -0.15) is 0 Å². The molecule has 0 unspecified atom stereocenters. The maximum absolute atomic E-state index is 12.2. The molecule has 0 saturated heterocycles. The zero-order valence-electron chi connectivity index (χ0n) is 13.7. The van der Waals surface area contributed by atoms with E-state index in [1.165, 1.54) is 17.7 Å². The average molecular weight is 340 g/mol. The first-order valence-corrected chi connectivity index (χ1v) is 7.51. The summed E-state index contributed by atoms with van der Waals surface area (Å²) < 4.78 is 2.37. The van der Waals surface area contributed by atoms with Crippen molar-refractivity contribution >= 4 is 23.2 Å². The maximum atomic E-state index is 12.2. The first-order valence-electron chi connectivity index (χ1n) is 7.51. The van der Waals surface area contributed by atoms with Crippen molar-refractivity contribution in [2.75, 3.05) is 0 Å². The molecule has 128 valence electrons. The fourth-order valence-electron chi connectivity index (χ4n) is 2.57. The third-order valence-corrected chi connectivity index (χ3v) is 3.91. The minimum atomic E-state index is -1.00. The summed E-state index contributed by atoms with van der Waals surface area (Å²) in [7, 11) is 2.99. The molecule has 0 amide bonds. The van der Waals surface area contributed by atoms with E-state index in [1.807, 2.05) is 12.1 Å². The summed E-state index contributed by atoms with van der Waals surface area (Å²) in [6, 6.07) is 7.30. The van der Waals surface area contributed by atoms with Crippen molar-refractivity contribution in [1.82, 2.24) is 19.1 Å². The molecule has 3 aromatic rings. The van der Waals surface area contributed by atoms with Crippen LogP contribution in [0.25, 0.3) is 17.2 Å². The third-order valence-electron chi connectivity index (χ3n) is 3.91. The number of carboxylic acids is 1. The molecule has 3 rings (SSSR count). The van der Waals surface area contributed by atoms with Crippen molar-refractivity contribution in [2.24, 2.45) is 14.1 Å². The van der Waals surface area contributed by atoms with E-state index in [-0.39, 0.29) is 0 Å². The molecule has 2 N–H and O–H groups in total. The Hall–Kier alpha value is -3.42. The Kier molecular flexibility index (Phi) is 4.10. The summed E-state index contributed by atoms with van der Waals surface area (Å²) in [5.74, 6) is -0.430. The number of carboxylic acid groups (broad SMARTS) is 1. The predicted octanol–water partition coefficient (Wildman–Crippen LogP) is 0.649. The molecular formula is C17H16N4O4. The lowest BCUT2D eigenvalue weighted by Crippen LogP contribution is -2.36. The molecule has 0 aliphatic heterocycles. The lowest BCUT2D eigenvalue weighted by atomic mass is 10.1. The second-order valence-corrected chi connectivity index (χ2v) is 5.68. The zero-order chi connectivity index (χ0) is 18.1. The van der Waals surface area contributed by atoms with Crippen LogP contribution in [0.5, 0.6) is 0 Å². The van der Waals surface area contributed by atoms with Gasteiger partial charge >= 0.3 is 11.7 Å². The van der Waals surface area contributed by atoms with E-state index in [1.54, 1.807) is 19.2 Å². The molecule has 0 aliphatic rings. The van der Waals surface area contributed by atoms with E-state index in [0.29, 0.717) is 23.4 Å². The fourth-order valence-corrected chi connectivity index (χ4v) is 2.57. The van der Waals surface area contributed by atoms with Crippen LogP contribution < -0.4 is 11.2 Å². The molecule has 25 heavy (non-hydrogen) atoms. The second kappa shape index (κ2) is 6.23. The van der Waals surface area contributed by atoms with E-state index >= 15 is 0 Å². The number of benzene rings is 1. The minimum absolute atomic E-state index is 0.292. The van der Waals surface area contributed by atoms with Gasteiger partial charge in [0.25, 0.3) is 5.56 Å². The molecule has 2 aromatic heterocycles. The van der Waals surface area contributed by atoms with Crippen molar-refractivity contribution < 1.29 is 9.90 Å². The topological polar surface area (TPSA) is 110 Å². The minimum Gasteiger partial charge on any atom is -0.478 e. The van der Waals surface area contributed by atoms with Crippen molar-refractivity contribution in [2.45, 2.75) is 6.42 Å².